The highest BCUT2D eigenvalue weighted by Crippen LogP contribution is 2.14. The first-order valence-electron chi connectivity index (χ1n) is 3.62. The Hall–Kier alpha value is -0.740. The summed E-state index contributed by atoms with van der Waals surface area (Å²) in [6, 6.07) is 0. The Morgan fingerprint density at radius 2 is 1.91 bits per heavy atom. The van der Waals surface area contributed by atoms with Crippen LogP contribution in [0.4, 0.5) is 0 Å². The lowest BCUT2D eigenvalue weighted by molar-refractivity contribution is -0.185. The van der Waals surface area contributed by atoms with Gasteiger partial charge in [-0.3, -0.25) is 0 Å². The van der Waals surface area contributed by atoms with Crippen LogP contribution in [0.2, 0.25) is 0 Å². The molecule has 0 bridgehead atoms. The third-order valence-corrected chi connectivity index (χ3v) is 1.63. The molecule has 2 rings (SSSR count). The topological polar surface area (TPSA) is 36.9 Å². The molecule has 2 heterocycles. The van der Waals surface area contributed by atoms with Gasteiger partial charge in [-0.15, -0.1) is 0 Å². The smallest absolute Gasteiger partial charge is 0.267 e. The average Bonchev–Trinajstić information content (AvgIpc) is 2.58. The summed E-state index contributed by atoms with van der Waals surface area (Å²) in [6.45, 7) is 1.83. The Morgan fingerprint density at radius 3 is 2.55 bits per heavy atom. The molecule has 4 nitrogen and oxygen atoms in total. The van der Waals surface area contributed by atoms with Crippen LogP contribution in [0.1, 0.15) is 0 Å². The number of rotatable bonds is 1. The molecule has 0 aromatic rings. The molecular formula is C7H10O4. The van der Waals surface area contributed by atoms with Crippen molar-refractivity contribution in [2.75, 3.05) is 19.8 Å². The molecular weight excluding hydrogens is 148 g/mol. The van der Waals surface area contributed by atoms with Gasteiger partial charge in [-0.05, 0) is 0 Å². The lowest BCUT2D eigenvalue weighted by atomic mass is 10.3. The zero-order valence-electron chi connectivity index (χ0n) is 6.06. The van der Waals surface area contributed by atoms with Crippen LogP contribution in [-0.4, -0.2) is 32.2 Å². The molecule has 0 aromatic carbocycles. The second-order valence-electron chi connectivity index (χ2n) is 2.40. The quantitative estimate of drug-likeness (QED) is 0.548. The van der Waals surface area contributed by atoms with E-state index >= 15 is 0 Å². The first-order valence-corrected chi connectivity index (χ1v) is 3.62. The molecule has 0 N–H and O–H groups in total. The van der Waals surface area contributed by atoms with Gasteiger partial charge in [-0.25, -0.2) is 0 Å². The van der Waals surface area contributed by atoms with Gasteiger partial charge in [0.25, 0.3) is 6.29 Å². The number of hydrogen-bond acceptors (Lipinski definition) is 4. The number of hydrogen-bond donors (Lipinski definition) is 0. The lowest BCUT2D eigenvalue weighted by Gasteiger charge is -2.26. The van der Waals surface area contributed by atoms with Crippen LogP contribution in [0.3, 0.4) is 0 Å². The van der Waals surface area contributed by atoms with Crippen molar-refractivity contribution in [1.29, 1.82) is 0 Å². The van der Waals surface area contributed by atoms with E-state index in [-0.39, 0.29) is 12.4 Å². The summed E-state index contributed by atoms with van der Waals surface area (Å²) >= 11 is 0. The maximum atomic E-state index is 5.35. The van der Waals surface area contributed by atoms with Gasteiger partial charge in [0.2, 0.25) is 0 Å². The molecule has 11 heavy (non-hydrogen) atoms. The van der Waals surface area contributed by atoms with E-state index in [4.69, 9.17) is 18.9 Å². The molecule has 0 unspecified atom stereocenters. The van der Waals surface area contributed by atoms with Gasteiger partial charge in [-0.1, -0.05) is 0 Å². The number of ether oxygens (including phenoxy) is 4. The van der Waals surface area contributed by atoms with Gasteiger partial charge < -0.3 is 18.9 Å². The fourth-order valence-corrected chi connectivity index (χ4v) is 1.09. The molecule has 4 heteroatoms. The molecule has 1 atom stereocenters. The van der Waals surface area contributed by atoms with Gasteiger partial charge in [-0.2, -0.15) is 0 Å². The van der Waals surface area contributed by atoms with Crippen LogP contribution in [0.15, 0.2) is 12.5 Å². The van der Waals surface area contributed by atoms with Crippen LogP contribution in [0.25, 0.3) is 0 Å². The predicted molar refractivity (Wildman–Crippen MR) is 35.7 cm³/mol. The largest absolute Gasteiger partial charge is 0.457 e. The minimum atomic E-state index is -0.310. The van der Waals surface area contributed by atoms with Gasteiger partial charge in [0.15, 0.2) is 6.10 Å². The van der Waals surface area contributed by atoms with E-state index in [0.717, 1.165) is 0 Å². The molecule has 0 aromatic heterocycles. The summed E-state index contributed by atoms with van der Waals surface area (Å²) in [6.07, 6.45) is 2.64. The summed E-state index contributed by atoms with van der Waals surface area (Å²) in [7, 11) is 0. The van der Waals surface area contributed by atoms with Crippen molar-refractivity contribution in [3.63, 3.8) is 0 Å². The normalized spacial score (nSPS) is 31.5. The highest BCUT2D eigenvalue weighted by molar-refractivity contribution is 4.77. The molecule has 0 saturated carbocycles. The molecule has 0 radical (unpaired) electrons. The lowest BCUT2D eigenvalue weighted by Crippen LogP contribution is -2.38. The van der Waals surface area contributed by atoms with Gasteiger partial charge in [0, 0.05) is 0 Å². The van der Waals surface area contributed by atoms with E-state index in [1.54, 1.807) is 0 Å². The van der Waals surface area contributed by atoms with Crippen molar-refractivity contribution in [1.82, 2.24) is 0 Å². The van der Waals surface area contributed by atoms with E-state index < -0.39 is 0 Å². The van der Waals surface area contributed by atoms with Gasteiger partial charge >= 0.3 is 0 Å². The second-order valence-corrected chi connectivity index (χ2v) is 2.40. The predicted octanol–water partition coefficient (Wildman–Crippen LogP) is 0.246. The van der Waals surface area contributed by atoms with E-state index in [9.17, 15) is 0 Å². The van der Waals surface area contributed by atoms with Gasteiger partial charge in [0.05, 0.1) is 19.8 Å². The maximum absolute atomic E-state index is 5.35. The first-order chi connectivity index (χ1) is 5.47. The third-order valence-electron chi connectivity index (χ3n) is 1.63. The standard InChI is InChI=1S/C7H10O4/c1-2-9-6(5-8-1)7-10-3-4-11-7/h3-4,6-7H,1-2,5H2/t6-/m0/s1. The monoisotopic (exact) mass is 158 g/mol. The Balaban J connectivity index is 1.83. The van der Waals surface area contributed by atoms with Crippen molar-refractivity contribution in [3.8, 4) is 0 Å². The molecule has 2 aliphatic rings. The second kappa shape index (κ2) is 3.11. The van der Waals surface area contributed by atoms with Crippen LogP contribution in [0, 0.1) is 0 Å². The zero-order valence-corrected chi connectivity index (χ0v) is 6.06. The average molecular weight is 158 g/mol. The zero-order chi connectivity index (χ0) is 7.52. The van der Waals surface area contributed by atoms with Crippen LogP contribution >= 0.6 is 0 Å². The minimum absolute atomic E-state index is 0.0845. The minimum Gasteiger partial charge on any atom is -0.457 e. The van der Waals surface area contributed by atoms with Crippen molar-refractivity contribution >= 4 is 0 Å². The molecule has 0 spiro atoms. The molecule has 62 valence electrons. The van der Waals surface area contributed by atoms with Gasteiger partial charge in [0.1, 0.15) is 12.5 Å². The van der Waals surface area contributed by atoms with E-state index in [0.29, 0.717) is 19.8 Å². The summed E-state index contributed by atoms with van der Waals surface area (Å²) in [4.78, 5) is 0. The summed E-state index contributed by atoms with van der Waals surface area (Å²) in [5.74, 6) is 0. The SMILES string of the molecule is C1=COC([C@@H]2COCCO2)O1. The van der Waals surface area contributed by atoms with Crippen LogP contribution in [0.5, 0.6) is 0 Å². The van der Waals surface area contributed by atoms with E-state index in [2.05, 4.69) is 0 Å². The fraction of sp³-hybridized carbons (Fsp3) is 0.714. The highest BCUT2D eigenvalue weighted by atomic mass is 16.7. The maximum Gasteiger partial charge on any atom is 0.267 e. The molecule has 2 aliphatic heterocycles. The Kier molecular flexibility index (Phi) is 1.96. The first kappa shape index (κ1) is 6.94. The summed E-state index contributed by atoms with van der Waals surface area (Å²) in [5.41, 5.74) is 0. The molecule has 0 aliphatic carbocycles. The van der Waals surface area contributed by atoms with E-state index in [1.165, 1.54) is 12.5 Å². The summed E-state index contributed by atoms with van der Waals surface area (Å²) in [5, 5.41) is 0. The Bertz CT molecular complexity index is 143. The molecule has 0 amide bonds. The van der Waals surface area contributed by atoms with Crippen molar-refractivity contribution in [3.05, 3.63) is 12.5 Å². The van der Waals surface area contributed by atoms with Crippen LogP contribution in [-0.2, 0) is 18.9 Å². The third kappa shape index (κ3) is 1.46. The molecule has 1 saturated heterocycles. The Morgan fingerprint density at radius 1 is 1.09 bits per heavy atom. The summed E-state index contributed by atoms with van der Waals surface area (Å²) < 4.78 is 20.7. The van der Waals surface area contributed by atoms with Crippen molar-refractivity contribution in [2.45, 2.75) is 12.4 Å². The highest BCUT2D eigenvalue weighted by Gasteiger charge is 2.28. The Labute approximate surface area is 64.7 Å². The molecule has 1 fully saturated rings. The van der Waals surface area contributed by atoms with E-state index in [1.807, 2.05) is 0 Å². The fourth-order valence-electron chi connectivity index (χ4n) is 1.09. The van der Waals surface area contributed by atoms with Crippen molar-refractivity contribution in [2.24, 2.45) is 0 Å². The van der Waals surface area contributed by atoms with Crippen molar-refractivity contribution < 1.29 is 18.9 Å². The van der Waals surface area contributed by atoms with Crippen LogP contribution < -0.4 is 0 Å².